The molecular formula is C15H14FN3OS. The van der Waals surface area contributed by atoms with E-state index in [0.717, 1.165) is 5.56 Å². The normalized spacial score (nSPS) is 12.0. The standard InChI is InChI=1S/C15H14FN3OS/c16-13-7-5-11(6-8-13)10-21-15(17)19-18-9-12-3-1-2-4-14(12)20/h1-9,20H,10H2,(H2,17,19)/b18-9+. The number of amidine groups is 1. The lowest BCUT2D eigenvalue weighted by molar-refractivity contribution is 0.474. The third kappa shape index (κ3) is 4.92. The van der Waals surface area contributed by atoms with Crippen LogP contribution in [0.3, 0.4) is 0 Å². The van der Waals surface area contributed by atoms with Crippen molar-refractivity contribution < 1.29 is 9.50 Å². The lowest BCUT2D eigenvalue weighted by Gasteiger charge is -2.00. The second-order valence-corrected chi connectivity index (χ2v) is 5.15. The second-order valence-electron chi connectivity index (χ2n) is 4.16. The average Bonchev–Trinajstić information content (AvgIpc) is 2.49. The number of benzene rings is 2. The van der Waals surface area contributed by atoms with E-state index < -0.39 is 0 Å². The Kier molecular flexibility index (Phi) is 5.34. The van der Waals surface area contributed by atoms with Crippen LogP contribution in [0, 0.1) is 5.82 Å². The molecule has 3 N–H and O–H groups in total. The van der Waals surface area contributed by atoms with Crippen molar-refractivity contribution in [2.75, 3.05) is 0 Å². The zero-order valence-corrected chi connectivity index (χ0v) is 11.9. The van der Waals surface area contributed by atoms with Crippen molar-refractivity contribution in [2.45, 2.75) is 5.75 Å². The summed E-state index contributed by atoms with van der Waals surface area (Å²) in [5.41, 5.74) is 7.23. The zero-order chi connectivity index (χ0) is 15.1. The fourth-order valence-electron chi connectivity index (χ4n) is 1.51. The van der Waals surface area contributed by atoms with Crippen LogP contribution in [0.2, 0.25) is 0 Å². The highest BCUT2D eigenvalue weighted by Crippen LogP contribution is 2.14. The van der Waals surface area contributed by atoms with E-state index in [1.165, 1.54) is 30.1 Å². The number of para-hydroxylation sites is 1. The van der Waals surface area contributed by atoms with Gasteiger partial charge in [0.2, 0.25) is 0 Å². The number of thioether (sulfide) groups is 1. The smallest absolute Gasteiger partial charge is 0.180 e. The summed E-state index contributed by atoms with van der Waals surface area (Å²) < 4.78 is 12.8. The molecule has 0 atom stereocenters. The molecule has 2 aromatic carbocycles. The van der Waals surface area contributed by atoms with Crippen molar-refractivity contribution in [2.24, 2.45) is 15.9 Å². The summed E-state index contributed by atoms with van der Waals surface area (Å²) in [5.74, 6) is 0.452. The number of halogens is 1. The van der Waals surface area contributed by atoms with E-state index in [9.17, 15) is 9.50 Å². The van der Waals surface area contributed by atoms with Crippen LogP contribution in [0.1, 0.15) is 11.1 Å². The summed E-state index contributed by atoms with van der Waals surface area (Å²) in [5, 5.41) is 17.5. The summed E-state index contributed by atoms with van der Waals surface area (Å²) in [6.07, 6.45) is 1.43. The highest BCUT2D eigenvalue weighted by Gasteiger charge is 1.98. The van der Waals surface area contributed by atoms with Gasteiger partial charge in [-0.1, -0.05) is 36.0 Å². The molecule has 0 fully saturated rings. The van der Waals surface area contributed by atoms with Crippen LogP contribution in [0.5, 0.6) is 5.75 Å². The minimum absolute atomic E-state index is 0.133. The Morgan fingerprint density at radius 1 is 1.19 bits per heavy atom. The quantitative estimate of drug-likeness (QED) is 0.518. The third-order valence-electron chi connectivity index (χ3n) is 2.59. The van der Waals surface area contributed by atoms with Crippen molar-refractivity contribution in [3.05, 3.63) is 65.5 Å². The van der Waals surface area contributed by atoms with Crippen LogP contribution in [0.4, 0.5) is 4.39 Å². The summed E-state index contributed by atoms with van der Waals surface area (Å²) in [6.45, 7) is 0. The molecule has 0 aromatic heterocycles. The lowest BCUT2D eigenvalue weighted by Crippen LogP contribution is -2.06. The van der Waals surface area contributed by atoms with E-state index >= 15 is 0 Å². The molecule has 0 spiro atoms. The molecule has 0 amide bonds. The third-order valence-corrected chi connectivity index (χ3v) is 3.44. The van der Waals surface area contributed by atoms with E-state index in [0.29, 0.717) is 16.5 Å². The number of rotatable bonds is 4. The maximum absolute atomic E-state index is 12.8. The van der Waals surface area contributed by atoms with E-state index in [1.807, 2.05) is 0 Å². The molecule has 6 heteroatoms. The maximum atomic E-state index is 12.8. The van der Waals surface area contributed by atoms with Crippen molar-refractivity contribution in [3.8, 4) is 5.75 Å². The van der Waals surface area contributed by atoms with Crippen LogP contribution >= 0.6 is 11.8 Å². The van der Waals surface area contributed by atoms with Crippen molar-refractivity contribution >= 4 is 23.1 Å². The van der Waals surface area contributed by atoms with Gasteiger partial charge >= 0.3 is 0 Å². The van der Waals surface area contributed by atoms with Gasteiger partial charge in [-0.15, -0.1) is 5.10 Å². The number of hydrogen-bond donors (Lipinski definition) is 2. The summed E-state index contributed by atoms with van der Waals surface area (Å²) in [7, 11) is 0. The van der Waals surface area contributed by atoms with Gasteiger partial charge in [0.25, 0.3) is 0 Å². The first-order valence-corrected chi connectivity index (χ1v) is 7.15. The second kappa shape index (κ2) is 7.44. The van der Waals surface area contributed by atoms with Gasteiger partial charge in [-0.05, 0) is 29.8 Å². The van der Waals surface area contributed by atoms with Gasteiger partial charge in [0, 0.05) is 11.3 Å². The van der Waals surface area contributed by atoms with Gasteiger partial charge in [-0.2, -0.15) is 5.10 Å². The van der Waals surface area contributed by atoms with Crippen LogP contribution in [-0.2, 0) is 5.75 Å². The maximum Gasteiger partial charge on any atom is 0.180 e. The molecule has 0 aliphatic heterocycles. The van der Waals surface area contributed by atoms with E-state index in [1.54, 1.807) is 36.4 Å². The molecule has 0 aliphatic rings. The van der Waals surface area contributed by atoms with Crippen LogP contribution in [0.25, 0.3) is 0 Å². The number of phenolic OH excluding ortho intramolecular Hbond substituents is 1. The first-order valence-electron chi connectivity index (χ1n) is 6.17. The van der Waals surface area contributed by atoms with Gasteiger partial charge in [-0.3, -0.25) is 0 Å². The summed E-state index contributed by atoms with van der Waals surface area (Å²) in [6, 6.07) is 13.0. The number of aromatic hydroxyl groups is 1. The Bertz CT molecular complexity index is 656. The van der Waals surface area contributed by atoms with Crippen LogP contribution in [-0.4, -0.2) is 16.5 Å². The predicted octanol–water partition coefficient (Wildman–Crippen LogP) is 3.11. The minimum atomic E-state index is -0.266. The van der Waals surface area contributed by atoms with Crippen molar-refractivity contribution in [1.29, 1.82) is 0 Å². The Hall–Kier alpha value is -2.34. The molecule has 0 radical (unpaired) electrons. The minimum Gasteiger partial charge on any atom is -0.507 e. The SMILES string of the molecule is N/C(=N\N=C\c1ccccc1O)SCc1ccc(F)cc1. The summed E-state index contributed by atoms with van der Waals surface area (Å²) >= 11 is 1.30. The Balaban J connectivity index is 1.89. The van der Waals surface area contributed by atoms with Crippen molar-refractivity contribution in [1.82, 2.24) is 0 Å². The molecule has 0 bridgehead atoms. The molecule has 0 aliphatic carbocycles. The van der Waals surface area contributed by atoms with Crippen LogP contribution < -0.4 is 5.73 Å². The summed E-state index contributed by atoms with van der Waals surface area (Å²) in [4.78, 5) is 0. The largest absolute Gasteiger partial charge is 0.507 e. The van der Waals surface area contributed by atoms with E-state index in [4.69, 9.17) is 5.73 Å². The Morgan fingerprint density at radius 3 is 2.62 bits per heavy atom. The molecular weight excluding hydrogens is 289 g/mol. The number of nitrogens with two attached hydrogens (primary N) is 1. The molecule has 0 heterocycles. The molecule has 21 heavy (non-hydrogen) atoms. The lowest BCUT2D eigenvalue weighted by atomic mass is 10.2. The molecule has 4 nitrogen and oxygen atoms in total. The highest BCUT2D eigenvalue weighted by atomic mass is 32.2. The average molecular weight is 303 g/mol. The van der Waals surface area contributed by atoms with Gasteiger partial charge in [-0.25, -0.2) is 4.39 Å². The van der Waals surface area contributed by atoms with E-state index in [-0.39, 0.29) is 11.6 Å². The molecule has 108 valence electrons. The van der Waals surface area contributed by atoms with Crippen LogP contribution in [0.15, 0.2) is 58.7 Å². The van der Waals surface area contributed by atoms with E-state index in [2.05, 4.69) is 10.2 Å². The Morgan fingerprint density at radius 2 is 1.90 bits per heavy atom. The zero-order valence-electron chi connectivity index (χ0n) is 11.1. The first-order chi connectivity index (χ1) is 10.1. The van der Waals surface area contributed by atoms with Gasteiger partial charge in [0.15, 0.2) is 5.17 Å². The van der Waals surface area contributed by atoms with Gasteiger partial charge in [0.1, 0.15) is 11.6 Å². The molecule has 0 saturated heterocycles. The number of nitrogens with zero attached hydrogens (tertiary/aromatic N) is 2. The van der Waals surface area contributed by atoms with Gasteiger partial charge in [0.05, 0.1) is 6.21 Å². The number of phenols is 1. The Labute approximate surface area is 126 Å². The predicted molar refractivity (Wildman–Crippen MR) is 85.0 cm³/mol. The first kappa shape index (κ1) is 15.1. The molecule has 0 unspecified atom stereocenters. The highest BCUT2D eigenvalue weighted by molar-refractivity contribution is 8.13. The fraction of sp³-hybridized carbons (Fsp3) is 0.0667. The van der Waals surface area contributed by atoms with Crippen molar-refractivity contribution in [3.63, 3.8) is 0 Å². The molecule has 2 rings (SSSR count). The molecule has 2 aromatic rings. The fourth-order valence-corrected chi connectivity index (χ4v) is 2.12. The topological polar surface area (TPSA) is 71.0 Å². The molecule has 0 saturated carbocycles. The number of hydrogen-bond acceptors (Lipinski definition) is 4. The van der Waals surface area contributed by atoms with Gasteiger partial charge < -0.3 is 10.8 Å². The monoisotopic (exact) mass is 303 g/mol.